The maximum Gasteiger partial charge on any atom is 0.0718 e. The van der Waals surface area contributed by atoms with Crippen molar-refractivity contribution < 1.29 is 0 Å². The lowest BCUT2D eigenvalue weighted by molar-refractivity contribution is 0.646. The molecule has 0 saturated carbocycles. The maximum absolute atomic E-state index is 5.82. The van der Waals surface area contributed by atoms with Gasteiger partial charge in [0.1, 0.15) is 0 Å². The van der Waals surface area contributed by atoms with Crippen LogP contribution in [0, 0.1) is 0 Å². The Hall–Kier alpha value is -1.35. The topological polar surface area (TPSA) is 43.8 Å². The molecule has 1 atom stereocenters. The number of hydrogen-bond donors (Lipinski definition) is 1. The van der Waals surface area contributed by atoms with E-state index in [-0.39, 0.29) is 6.04 Å². The number of benzene rings is 1. The van der Waals surface area contributed by atoms with E-state index in [2.05, 4.69) is 30.2 Å². The summed E-state index contributed by atoms with van der Waals surface area (Å²) in [5.74, 6) is 0. The van der Waals surface area contributed by atoms with Crippen LogP contribution < -0.4 is 5.73 Å². The molecule has 0 radical (unpaired) electrons. The molecule has 1 heterocycles. The van der Waals surface area contributed by atoms with Crippen LogP contribution in [0.3, 0.4) is 0 Å². The molecule has 15 heavy (non-hydrogen) atoms. The Kier molecular flexibility index (Phi) is 2.73. The van der Waals surface area contributed by atoms with Crippen LogP contribution in [-0.2, 0) is 13.0 Å². The van der Waals surface area contributed by atoms with Gasteiger partial charge in [0.2, 0.25) is 0 Å². The molecule has 2 aromatic rings. The van der Waals surface area contributed by atoms with Gasteiger partial charge in [0.15, 0.2) is 0 Å². The van der Waals surface area contributed by atoms with E-state index in [9.17, 15) is 0 Å². The second-order valence-electron chi connectivity index (χ2n) is 3.96. The van der Waals surface area contributed by atoms with E-state index in [1.807, 2.05) is 17.7 Å². The van der Waals surface area contributed by atoms with Crippen molar-refractivity contribution in [3.05, 3.63) is 30.0 Å². The van der Waals surface area contributed by atoms with Gasteiger partial charge in [-0.3, -0.25) is 4.68 Å². The van der Waals surface area contributed by atoms with E-state index in [0.29, 0.717) is 0 Å². The SMILES string of the molecule is CCn1nc(CC(C)N)c2ccccc21. The fourth-order valence-electron chi connectivity index (χ4n) is 1.89. The number of nitrogens with zero attached hydrogens (tertiary/aromatic N) is 2. The van der Waals surface area contributed by atoms with Crippen LogP contribution in [0.4, 0.5) is 0 Å². The van der Waals surface area contributed by atoms with Gasteiger partial charge >= 0.3 is 0 Å². The maximum atomic E-state index is 5.82. The quantitative estimate of drug-likeness (QED) is 0.828. The predicted molar refractivity (Wildman–Crippen MR) is 62.8 cm³/mol. The van der Waals surface area contributed by atoms with Crippen LogP contribution in [0.1, 0.15) is 19.5 Å². The molecule has 2 N–H and O–H groups in total. The summed E-state index contributed by atoms with van der Waals surface area (Å²) in [6.07, 6.45) is 0.841. The molecule has 0 saturated heterocycles. The molecule has 1 aromatic carbocycles. The Morgan fingerprint density at radius 2 is 2.13 bits per heavy atom. The van der Waals surface area contributed by atoms with Gasteiger partial charge in [-0.1, -0.05) is 18.2 Å². The van der Waals surface area contributed by atoms with Gasteiger partial charge in [-0.05, 0) is 19.9 Å². The summed E-state index contributed by atoms with van der Waals surface area (Å²) in [5, 5.41) is 5.82. The first kappa shape index (κ1) is 10.2. The van der Waals surface area contributed by atoms with Gasteiger partial charge < -0.3 is 5.73 Å². The Balaban J connectivity index is 2.55. The van der Waals surface area contributed by atoms with Crippen molar-refractivity contribution in [2.24, 2.45) is 5.73 Å². The first-order valence-corrected chi connectivity index (χ1v) is 5.42. The fraction of sp³-hybridized carbons (Fsp3) is 0.417. The van der Waals surface area contributed by atoms with Crippen molar-refractivity contribution in [2.45, 2.75) is 32.9 Å². The first-order valence-electron chi connectivity index (χ1n) is 5.42. The lowest BCUT2D eigenvalue weighted by Crippen LogP contribution is -2.18. The molecule has 3 nitrogen and oxygen atoms in total. The van der Waals surface area contributed by atoms with E-state index >= 15 is 0 Å². The molecule has 1 aromatic heterocycles. The van der Waals surface area contributed by atoms with Gasteiger partial charge in [-0.15, -0.1) is 0 Å². The van der Waals surface area contributed by atoms with Crippen molar-refractivity contribution >= 4 is 10.9 Å². The lowest BCUT2D eigenvalue weighted by Gasteiger charge is -2.00. The molecule has 0 fully saturated rings. The molecule has 3 heteroatoms. The van der Waals surface area contributed by atoms with E-state index in [1.54, 1.807) is 0 Å². The minimum absolute atomic E-state index is 0.161. The highest BCUT2D eigenvalue weighted by Gasteiger charge is 2.09. The predicted octanol–water partition coefficient (Wildman–Crippen LogP) is 1.95. The third-order valence-electron chi connectivity index (χ3n) is 2.55. The third-order valence-corrected chi connectivity index (χ3v) is 2.55. The fourth-order valence-corrected chi connectivity index (χ4v) is 1.89. The van der Waals surface area contributed by atoms with Gasteiger partial charge in [-0.25, -0.2) is 0 Å². The summed E-state index contributed by atoms with van der Waals surface area (Å²) in [5.41, 5.74) is 8.13. The number of fused-ring (bicyclic) bond motifs is 1. The molecule has 0 bridgehead atoms. The number of aryl methyl sites for hydroxylation is 1. The highest BCUT2D eigenvalue weighted by Crippen LogP contribution is 2.19. The molecule has 0 aliphatic heterocycles. The Morgan fingerprint density at radius 1 is 1.40 bits per heavy atom. The molecular formula is C12H17N3. The number of para-hydroxylation sites is 1. The molecule has 2 rings (SSSR count). The Labute approximate surface area is 89.9 Å². The monoisotopic (exact) mass is 203 g/mol. The molecule has 0 spiro atoms. The van der Waals surface area contributed by atoms with Gasteiger partial charge in [0.25, 0.3) is 0 Å². The molecule has 0 aliphatic carbocycles. The summed E-state index contributed by atoms with van der Waals surface area (Å²) in [7, 11) is 0. The number of hydrogen-bond acceptors (Lipinski definition) is 2. The number of nitrogens with two attached hydrogens (primary N) is 1. The average molecular weight is 203 g/mol. The average Bonchev–Trinajstić information content (AvgIpc) is 2.56. The van der Waals surface area contributed by atoms with Crippen LogP contribution in [0.2, 0.25) is 0 Å². The second-order valence-corrected chi connectivity index (χ2v) is 3.96. The standard InChI is InChI=1S/C12H17N3/c1-3-15-12-7-5-4-6-10(12)11(14-15)8-9(2)13/h4-7,9H,3,8,13H2,1-2H3. The van der Waals surface area contributed by atoms with Crippen LogP contribution >= 0.6 is 0 Å². The number of aromatic nitrogens is 2. The zero-order valence-corrected chi connectivity index (χ0v) is 9.27. The van der Waals surface area contributed by atoms with E-state index in [1.165, 1.54) is 10.9 Å². The zero-order valence-electron chi connectivity index (χ0n) is 9.27. The normalized spacial score (nSPS) is 13.3. The van der Waals surface area contributed by atoms with Crippen molar-refractivity contribution in [1.29, 1.82) is 0 Å². The van der Waals surface area contributed by atoms with Gasteiger partial charge in [0, 0.05) is 24.4 Å². The molecule has 1 unspecified atom stereocenters. The molecule has 0 amide bonds. The van der Waals surface area contributed by atoms with Crippen LogP contribution in [0.5, 0.6) is 0 Å². The highest BCUT2D eigenvalue weighted by atomic mass is 15.3. The van der Waals surface area contributed by atoms with E-state index < -0.39 is 0 Å². The zero-order chi connectivity index (χ0) is 10.8. The van der Waals surface area contributed by atoms with E-state index in [0.717, 1.165) is 18.7 Å². The van der Waals surface area contributed by atoms with Crippen molar-refractivity contribution in [1.82, 2.24) is 9.78 Å². The minimum atomic E-state index is 0.161. The van der Waals surface area contributed by atoms with E-state index in [4.69, 9.17) is 5.73 Å². The summed E-state index contributed by atoms with van der Waals surface area (Å²) in [6.45, 7) is 5.02. The smallest absolute Gasteiger partial charge is 0.0718 e. The third kappa shape index (κ3) is 1.88. The minimum Gasteiger partial charge on any atom is -0.328 e. The van der Waals surface area contributed by atoms with Crippen molar-refractivity contribution in [2.75, 3.05) is 0 Å². The molecular weight excluding hydrogens is 186 g/mol. The lowest BCUT2D eigenvalue weighted by atomic mass is 10.1. The Morgan fingerprint density at radius 3 is 2.80 bits per heavy atom. The van der Waals surface area contributed by atoms with Gasteiger partial charge in [-0.2, -0.15) is 5.10 Å². The summed E-state index contributed by atoms with van der Waals surface area (Å²) in [4.78, 5) is 0. The van der Waals surface area contributed by atoms with Crippen LogP contribution in [0.25, 0.3) is 10.9 Å². The highest BCUT2D eigenvalue weighted by molar-refractivity contribution is 5.81. The molecule has 0 aliphatic rings. The Bertz CT molecular complexity index is 457. The number of rotatable bonds is 3. The van der Waals surface area contributed by atoms with Crippen molar-refractivity contribution in [3.63, 3.8) is 0 Å². The molecule has 80 valence electrons. The summed E-state index contributed by atoms with van der Waals surface area (Å²) >= 11 is 0. The first-order chi connectivity index (χ1) is 7.22. The second kappa shape index (κ2) is 4.03. The van der Waals surface area contributed by atoms with Crippen molar-refractivity contribution in [3.8, 4) is 0 Å². The van der Waals surface area contributed by atoms with Crippen LogP contribution in [0.15, 0.2) is 24.3 Å². The largest absolute Gasteiger partial charge is 0.328 e. The van der Waals surface area contributed by atoms with Crippen LogP contribution in [-0.4, -0.2) is 15.8 Å². The summed E-state index contributed by atoms with van der Waals surface area (Å²) < 4.78 is 2.03. The summed E-state index contributed by atoms with van der Waals surface area (Å²) in [6, 6.07) is 8.48. The van der Waals surface area contributed by atoms with Gasteiger partial charge in [0.05, 0.1) is 11.2 Å².